The van der Waals surface area contributed by atoms with Gasteiger partial charge in [-0.15, -0.1) is 0 Å². The minimum Gasteiger partial charge on any atom is -0.423 e. The number of anilines is 1. The molecule has 0 bridgehead atoms. The van der Waals surface area contributed by atoms with Crippen molar-refractivity contribution in [2.45, 2.75) is 19.4 Å². The van der Waals surface area contributed by atoms with Crippen LogP contribution in [0.1, 0.15) is 13.8 Å². The molecule has 0 saturated heterocycles. The lowest BCUT2D eigenvalue weighted by atomic mass is 10.2. The zero-order valence-corrected chi connectivity index (χ0v) is 12.0. The molecule has 22 heavy (non-hydrogen) atoms. The zero-order chi connectivity index (χ0) is 17.1. The van der Waals surface area contributed by atoms with E-state index in [0.29, 0.717) is 0 Å². The summed E-state index contributed by atoms with van der Waals surface area (Å²) < 4.78 is 67.3. The van der Waals surface area contributed by atoms with Crippen molar-refractivity contribution in [3.05, 3.63) is 18.2 Å². The normalized spacial score (nSPS) is 11.7. The van der Waals surface area contributed by atoms with E-state index < -0.39 is 39.0 Å². The van der Waals surface area contributed by atoms with E-state index in [0.717, 1.165) is 25.1 Å². The molecule has 0 saturated carbocycles. The first kappa shape index (κ1) is 17.8. The van der Waals surface area contributed by atoms with Crippen molar-refractivity contribution in [3.8, 4) is 11.5 Å². The predicted octanol–water partition coefficient (Wildman–Crippen LogP) is 1.80. The van der Waals surface area contributed by atoms with E-state index in [-0.39, 0.29) is 5.69 Å². The number of rotatable bonds is 4. The van der Waals surface area contributed by atoms with Crippen LogP contribution in [-0.4, -0.2) is 25.8 Å². The molecule has 1 aromatic rings. The number of carbonyl (C=O) groups is 2. The fourth-order valence-electron chi connectivity index (χ4n) is 1.26. The first-order valence-electron chi connectivity index (χ1n) is 5.53. The Morgan fingerprint density at radius 1 is 1.14 bits per heavy atom. The maximum Gasteiger partial charge on any atom is 0.534 e. The van der Waals surface area contributed by atoms with Crippen molar-refractivity contribution in [2.75, 3.05) is 5.32 Å². The average molecular weight is 341 g/mol. The Balaban J connectivity index is 3.23. The van der Waals surface area contributed by atoms with Gasteiger partial charge in [-0.2, -0.15) is 21.6 Å². The second-order valence-corrected chi connectivity index (χ2v) is 5.46. The smallest absolute Gasteiger partial charge is 0.423 e. The van der Waals surface area contributed by atoms with Crippen molar-refractivity contribution < 1.29 is 40.1 Å². The summed E-state index contributed by atoms with van der Waals surface area (Å²) in [6.07, 6.45) is 0. The van der Waals surface area contributed by atoms with Gasteiger partial charge >= 0.3 is 21.6 Å². The standard InChI is InChI=1S/C11H10F3NO6S/c1-6(16)15-8-3-4-9(10(5-8)20-7(2)17)21-22(18,19)11(12,13)14/h3-5H,1-2H3,(H,15,16). The van der Waals surface area contributed by atoms with Crippen LogP contribution in [0, 0.1) is 0 Å². The van der Waals surface area contributed by atoms with Gasteiger partial charge in [0.2, 0.25) is 5.91 Å². The maximum absolute atomic E-state index is 12.3. The molecule has 0 fully saturated rings. The number of amides is 1. The summed E-state index contributed by atoms with van der Waals surface area (Å²) in [5.41, 5.74) is -5.57. The molecule has 7 nitrogen and oxygen atoms in total. The summed E-state index contributed by atoms with van der Waals surface area (Å²) in [7, 11) is -5.92. The van der Waals surface area contributed by atoms with E-state index in [4.69, 9.17) is 0 Å². The average Bonchev–Trinajstić information content (AvgIpc) is 2.29. The highest BCUT2D eigenvalue weighted by molar-refractivity contribution is 7.88. The fourth-order valence-corrected chi connectivity index (χ4v) is 1.73. The lowest BCUT2D eigenvalue weighted by molar-refractivity contribution is -0.132. The third kappa shape index (κ3) is 4.62. The number of carbonyl (C=O) groups excluding carboxylic acids is 2. The molecular formula is C11H10F3NO6S. The van der Waals surface area contributed by atoms with Crippen LogP contribution < -0.4 is 14.2 Å². The quantitative estimate of drug-likeness (QED) is 0.388. The molecule has 1 aromatic carbocycles. The molecule has 0 spiro atoms. The van der Waals surface area contributed by atoms with E-state index in [1.807, 2.05) is 0 Å². The van der Waals surface area contributed by atoms with Crippen molar-refractivity contribution in [1.29, 1.82) is 0 Å². The first-order chi connectivity index (χ1) is 9.92. The SMILES string of the molecule is CC(=O)Nc1ccc(OS(=O)(=O)C(F)(F)F)c(OC(C)=O)c1. The molecule has 1 rings (SSSR count). The fraction of sp³-hybridized carbons (Fsp3) is 0.273. The van der Waals surface area contributed by atoms with E-state index in [2.05, 4.69) is 14.2 Å². The number of esters is 1. The van der Waals surface area contributed by atoms with Crippen LogP contribution in [0.2, 0.25) is 0 Å². The number of benzene rings is 1. The molecule has 0 heterocycles. The number of hydrogen-bond acceptors (Lipinski definition) is 6. The molecule has 11 heteroatoms. The Kier molecular flexibility index (Phi) is 5.02. The number of nitrogens with one attached hydrogen (secondary N) is 1. The second-order valence-electron chi connectivity index (χ2n) is 3.92. The van der Waals surface area contributed by atoms with Gasteiger partial charge in [0, 0.05) is 25.6 Å². The van der Waals surface area contributed by atoms with Gasteiger partial charge in [0.15, 0.2) is 11.5 Å². The molecular weight excluding hydrogens is 331 g/mol. The lowest BCUT2D eigenvalue weighted by Gasteiger charge is -2.13. The van der Waals surface area contributed by atoms with Gasteiger partial charge in [-0.05, 0) is 12.1 Å². The van der Waals surface area contributed by atoms with Crippen LogP contribution >= 0.6 is 0 Å². The van der Waals surface area contributed by atoms with Crippen LogP contribution in [0.4, 0.5) is 18.9 Å². The number of ether oxygens (including phenoxy) is 1. The Bertz CT molecular complexity index is 698. The molecule has 0 aliphatic heterocycles. The molecule has 0 aliphatic carbocycles. The van der Waals surface area contributed by atoms with Gasteiger partial charge < -0.3 is 14.2 Å². The van der Waals surface area contributed by atoms with Crippen LogP contribution in [0.15, 0.2) is 18.2 Å². The third-order valence-corrected chi connectivity index (χ3v) is 2.97. The Morgan fingerprint density at radius 3 is 2.18 bits per heavy atom. The summed E-state index contributed by atoms with van der Waals surface area (Å²) in [4.78, 5) is 21.8. The summed E-state index contributed by atoms with van der Waals surface area (Å²) in [5.74, 6) is -2.85. The minimum atomic E-state index is -5.92. The number of halogens is 3. The Labute approximate surface area is 123 Å². The Morgan fingerprint density at radius 2 is 1.73 bits per heavy atom. The molecule has 0 unspecified atom stereocenters. The monoisotopic (exact) mass is 341 g/mol. The molecule has 1 amide bonds. The summed E-state index contributed by atoms with van der Waals surface area (Å²) in [6, 6.07) is 2.84. The van der Waals surface area contributed by atoms with Crippen LogP contribution in [-0.2, 0) is 19.7 Å². The highest BCUT2D eigenvalue weighted by Crippen LogP contribution is 2.35. The van der Waals surface area contributed by atoms with Crippen LogP contribution in [0.3, 0.4) is 0 Å². The van der Waals surface area contributed by atoms with Gasteiger partial charge in [0.1, 0.15) is 0 Å². The molecule has 0 radical (unpaired) electrons. The molecule has 1 N–H and O–H groups in total. The van der Waals surface area contributed by atoms with Crippen molar-refractivity contribution in [3.63, 3.8) is 0 Å². The van der Waals surface area contributed by atoms with Crippen molar-refractivity contribution in [2.24, 2.45) is 0 Å². The van der Waals surface area contributed by atoms with Crippen molar-refractivity contribution >= 4 is 27.7 Å². The van der Waals surface area contributed by atoms with E-state index in [1.165, 1.54) is 6.92 Å². The molecule has 122 valence electrons. The second kappa shape index (κ2) is 6.22. The lowest BCUT2D eigenvalue weighted by Crippen LogP contribution is -2.28. The highest BCUT2D eigenvalue weighted by atomic mass is 32.2. The summed E-state index contributed by atoms with van der Waals surface area (Å²) in [6.45, 7) is 2.12. The van der Waals surface area contributed by atoms with Gasteiger partial charge in [-0.25, -0.2) is 0 Å². The number of hydrogen-bond donors (Lipinski definition) is 1. The van der Waals surface area contributed by atoms with Gasteiger partial charge in [-0.3, -0.25) is 9.59 Å². The number of alkyl halides is 3. The van der Waals surface area contributed by atoms with E-state index in [9.17, 15) is 31.2 Å². The third-order valence-electron chi connectivity index (χ3n) is 2.00. The largest absolute Gasteiger partial charge is 0.534 e. The summed E-state index contributed by atoms with van der Waals surface area (Å²) >= 11 is 0. The minimum absolute atomic E-state index is 0.0699. The van der Waals surface area contributed by atoms with Crippen LogP contribution in [0.25, 0.3) is 0 Å². The van der Waals surface area contributed by atoms with Gasteiger partial charge in [0.25, 0.3) is 0 Å². The first-order valence-corrected chi connectivity index (χ1v) is 6.94. The van der Waals surface area contributed by atoms with Gasteiger partial charge in [0.05, 0.1) is 0 Å². The maximum atomic E-state index is 12.3. The molecule has 0 atom stereocenters. The zero-order valence-electron chi connectivity index (χ0n) is 11.2. The molecule has 0 aromatic heterocycles. The van der Waals surface area contributed by atoms with Crippen LogP contribution in [0.5, 0.6) is 11.5 Å². The van der Waals surface area contributed by atoms with Gasteiger partial charge in [-0.1, -0.05) is 0 Å². The summed E-state index contributed by atoms with van der Waals surface area (Å²) in [5, 5.41) is 2.28. The van der Waals surface area contributed by atoms with E-state index in [1.54, 1.807) is 0 Å². The highest BCUT2D eigenvalue weighted by Gasteiger charge is 2.49. The van der Waals surface area contributed by atoms with Crippen molar-refractivity contribution in [1.82, 2.24) is 0 Å². The Hall–Kier alpha value is -2.30. The predicted molar refractivity (Wildman–Crippen MR) is 67.7 cm³/mol. The van der Waals surface area contributed by atoms with E-state index >= 15 is 0 Å². The molecule has 0 aliphatic rings. The topological polar surface area (TPSA) is 98.8 Å².